The molecule has 2 aromatic heterocycles. The second-order valence-corrected chi connectivity index (χ2v) is 10.5. The van der Waals surface area contributed by atoms with Crippen molar-refractivity contribution < 1.29 is 24.2 Å². The maximum absolute atomic E-state index is 13.0. The van der Waals surface area contributed by atoms with Crippen LogP contribution in [-0.2, 0) is 4.74 Å². The number of pyridine rings is 1. The second kappa shape index (κ2) is 12.4. The number of rotatable bonds is 12. The zero-order valence-corrected chi connectivity index (χ0v) is 22.1. The lowest BCUT2D eigenvalue weighted by Crippen LogP contribution is -2.25. The number of amides is 1. The zero-order chi connectivity index (χ0) is 26.4. The van der Waals surface area contributed by atoms with E-state index in [1.165, 1.54) is 15.9 Å². The Kier molecular flexibility index (Phi) is 9.02. The number of nitrogens with zero attached hydrogens (tertiary/aromatic N) is 2. The number of halogens is 1. The van der Waals surface area contributed by atoms with Crippen LogP contribution >= 0.6 is 22.9 Å². The Balaban J connectivity index is 1.40. The quantitative estimate of drug-likeness (QED) is 0.242. The summed E-state index contributed by atoms with van der Waals surface area (Å²) in [5.41, 5.74) is 1.89. The minimum atomic E-state index is -0.461. The molecule has 3 heterocycles. The average molecular weight is 545 g/mol. The van der Waals surface area contributed by atoms with Crippen molar-refractivity contribution >= 4 is 40.5 Å². The Labute approximate surface area is 224 Å². The lowest BCUT2D eigenvalue weighted by molar-refractivity contribution is 0.0943. The molecule has 37 heavy (non-hydrogen) atoms. The molecule has 8 nitrogen and oxygen atoms in total. The molecule has 1 atom stereocenters. The molecule has 1 N–H and O–H groups in total. The molecular formula is C27H29ClN2O6S. The summed E-state index contributed by atoms with van der Waals surface area (Å²) in [6, 6.07) is 12.2. The molecule has 0 unspecified atom stereocenters. The molecule has 1 amide bonds. The molecule has 1 saturated heterocycles. The smallest absolute Gasteiger partial charge is 0.414 e. The van der Waals surface area contributed by atoms with Gasteiger partial charge in [-0.1, -0.05) is 11.6 Å². The molecule has 0 bridgehead atoms. The van der Waals surface area contributed by atoms with Crippen LogP contribution in [0.3, 0.4) is 0 Å². The highest BCUT2D eigenvalue weighted by molar-refractivity contribution is 7.18. The molecule has 196 valence electrons. The standard InChI is InChI=1S/C27H29ClN2O6S/c1-18-16-19(30-17-20(36-27(30)34)8-10-22(32)24-11-12-25(28)37-24)7-9-21(18)29-13-5-6-23(26(29)33)35-15-4-2-3-14-31/h5-7,9,11-13,16,20,31H,2-4,8,10,14-15,17H2,1H3/t20-/m0/s1. The summed E-state index contributed by atoms with van der Waals surface area (Å²) in [5.74, 6) is 0.244. The van der Waals surface area contributed by atoms with Gasteiger partial charge in [-0.15, -0.1) is 11.3 Å². The number of thiophene rings is 1. The monoisotopic (exact) mass is 544 g/mol. The average Bonchev–Trinajstić information content (AvgIpc) is 3.49. The highest BCUT2D eigenvalue weighted by Gasteiger charge is 2.33. The number of aryl methyl sites for hydroxylation is 1. The van der Waals surface area contributed by atoms with E-state index in [1.807, 2.05) is 13.0 Å². The zero-order valence-electron chi connectivity index (χ0n) is 20.5. The normalized spacial score (nSPS) is 15.2. The summed E-state index contributed by atoms with van der Waals surface area (Å²) in [7, 11) is 0. The van der Waals surface area contributed by atoms with Crippen LogP contribution in [0.15, 0.2) is 53.5 Å². The van der Waals surface area contributed by atoms with Gasteiger partial charge in [-0.2, -0.15) is 0 Å². The van der Waals surface area contributed by atoms with Gasteiger partial charge in [-0.05, 0) is 80.6 Å². The van der Waals surface area contributed by atoms with Crippen molar-refractivity contribution in [3.63, 3.8) is 0 Å². The molecule has 1 aliphatic heterocycles. The van der Waals surface area contributed by atoms with Gasteiger partial charge in [0.1, 0.15) is 6.10 Å². The van der Waals surface area contributed by atoms with Gasteiger partial charge >= 0.3 is 6.09 Å². The highest BCUT2D eigenvalue weighted by atomic mass is 35.5. The van der Waals surface area contributed by atoms with Gasteiger partial charge in [0.15, 0.2) is 11.5 Å². The van der Waals surface area contributed by atoms with E-state index in [9.17, 15) is 14.4 Å². The molecule has 1 aliphatic rings. The van der Waals surface area contributed by atoms with Gasteiger partial charge in [0, 0.05) is 24.9 Å². The molecule has 0 spiro atoms. The number of Topliss-reactive ketones (excluding diaryl/α,β-unsaturated/α-hetero) is 1. The van der Waals surface area contributed by atoms with Gasteiger partial charge in [-0.3, -0.25) is 19.1 Å². The van der Waals surface area contributed by atoms with Crippen LogP contribution in [0, 0.1) is 6.92 Å². The largest absolute Gasteiger partial charge is 0.488 e. The van der Waals surface area contributed by atoms with E-state index in [4.69, 9.17) is 26.2 Å². The second-order valence-electron chi connectivity index (χ2n) is 8.83. The first-order valence-electron chi connectivity index (χ1n) is 12.2. The van der Waals surface area contributed by atoms with Crippen molar-refractivity contribution in [2.45, 2.75) is 45.1 Å². The third kappa shape index (κ3) is 6.60. The number of carbonyl (C=O) groups excluding carboxylic acids is 2. The maximum Gasteiger partial charge on any atom is 0.414 e. The number of ketones is 1. The van der Waals surface area contributed by atoms with Gasteiger partial charge in [-0.25, -0.2) is 4.79 Å². The van der Waals surface area contributed by atoms with Crippen LogP contribution < -0.4 is 15.2 Å². The van der Waals surface area contributed by atoms with Gasteiger partial charge < -0.3 is 14.6 Å². The first-order valence-corrected chi connectivity index (χ1v) is 13.4. The van der Waals surface area contributed by atoms with Crippen molar-refractivity contribution in [3.8, 4) is 11.4 Å². The van der Waals surface area contributed by atoms with Crippen molar-refractivity contribution in [1.82, 2.24) is 4.57 Å². The molecule has 1 aromatic carbocycles. The minimum Gasteiger partial charge on any atom is -0.488 e. The van der Waals surface area contributed by atoms with Gasteiger partial charge in [0.05, 0.1) is 28.1 Å². The Bertz CT molecular complexity index is 1320. The number of aliphatic hydroxyl groups is 1. The number of benzene rings is 1. The van der Waals surface area contributed by atoms with E-state index in [0.717, 1.165) is 18.4 Å². The van der Waals surface area contributed by atoms with E-state index in [2.05, 4.69) is 0 Å². The SMILES string of the molecule is Cc1cc(N2C[C@H](CCC(=O)c3ccc(Cl)s3)OC2=O)ccc1-n1cccc(OCCCCCO)c1=O. The predicted octanol–water partition coefficient (Wildman–Crippen LogP) is 5.39. The van der Waals surface area contributed by atoms with Crippen molar-refractivity contribution in [1.29, 1.82) is 0 Å². The van der Waals surface area contributed by atoms with Crippen LogP contribution in [0.5, 0.6) is 5.75 Å². The summed E-state index contributed by atoms with van der Waals surface area (Å²) in [4.78, 5) is 40.1. The Morgan fingerprint density at radius 3 is 2.76 bits per heavy atom. The van der Waals surface area contributed by atoms with Crippen LogP contribution in [0.4, 0.5) is 10.5 Å². The first-order chi connectivity index (χ1) is 17.9. The number of hydrogen-bond donors (Lipinski definition) is 1. The highest BCUT2D eigenvalue weighted by Crippen LogP contribution is 2.28. The summed E-state index contributed by atoms with van der Waals surface area (Å²) >= 11 is 7.15. The number of anilines is 1. The number of aromatic nitrogens is 1. The number of carbonyl (C=O) groups is 2. The fourth-order valence-electron chi connectivity index (χ4n) is 4.19. The first kappa shape index (κ1) is 26.9. The van der Waals surface area contributed by atoms with Crippen molar-refractivity contribution in [3.05, 3.63) is 73.8 Å². The summed E-state index contributed by atoms with van der Waals surface area (Å²) in [5, 5.41) is 8.88. The Hall–Kier alpha value is -3.14. The number of ether oxygens (including phenoxy) is 2. The summed E-state index contributed by atoms with van der Waals surface area (Å²) < 4.78 is 13.3. The molecule has 0 aliphatic carbocycles. The number of hydrogen-bond acceptors (Lipinski definition) is 7. The lowest BCUT2D eigenvalue weighted by Gasteiger charge is -2.17. The summed E-state index contributed by atoms with van der Waals surface area (Å²) in [6.45, 7) is 2.77. The van der Waals surface area contributed by atoms with E-state index in [0.29, 0.717) is 46.6 Å². The van der Waals surface area contributed by atoms with E-state index in [-0.39, 0.29) is 36.2 Å². The van der Waals surface area contributed by atoms with Crippen LogP contribution in [0.2, 0.25) is 4.34 Å². The van der Waals surface area contributed by atoms with Crippen LogP contribution in [0.25, 0.3) is 5.69 Å². The lowest BCUT2D eigenvalue weighted by atomic mass is 10.1. The molecule has 0 saturated carbocycles. The Morgan fingerprint density at radius 1 is 1.19 bits per heavy atom. The van der Waals surface area contributed by atoms with Crippen LogP contribution in [0.1, 0.15) is 47.3 Å². The van der Waals surface area contributed by atoms with E-state index in [1.54, 1.807) is 47.5 Å². The third-order valence-electron chi connectivity index (χ3n) is 6.14. The molecule has 10 heteroatoms. The molecule has 4 rings (SSSR count). The maximum atomic E-state index is 13.0. The van der Waals surface area contributed by atoms with Gasteiger partial charge in [0.2, 0.25) is 0 Å². The Morgan fingerprint density at radius 2 is 2.03 bits per heavy atom. The van der Waals surface area contributed by atoms with Crippen molar-refractivity contribution in [2.24, 2.45) is 0 Å². The molecule has 3 aromatic rings. The van der Waals surface area contributed by atoms with E-state index >= 15 is 0 Å². The predicted molar refractivity (Wildman–Crippen MR) is 144 cm³/mol. The fourth-order valence-corrected chi connectivity index (χ4v) is 5.20. The summed E-state index contributed by atoms with van der Waals surface area (Å²) in [6.07, 6.45) is 3.82. The topological polar surface area (TPSA) is 98.1 Å². The van der Waals surface area contributed by atoms with E-state index < -0.39 is 6.09 Å². The molecule has 1 fully saturated rings. The third-order valence-corrected chi connectivity index (χ3v) is 7.41. The van der Waals surface area contributed by atoms with Crippen LogP contribution in [-0.4, -0.2) is 47.4 Å². The molecular weight excluding hydrogens is 516 g/mol. The minimum absolute atomic E-state index is 0.0200. The fraction of sp³-hybridized carbons (Fsp3) is 0.370. The number of cyclic esters (lactones) is 1. The number of aliphatic hydroxyl groups excluding tert-OH is 1. The van der Waals surface area contributed by atoms with Crippen molar-refractivity contribution in [2.75, 3.05) is 24.7 Å². The molecule has 0 radical (unpaired) electrons. The van der Waals surface area contributed by atoms with Gasteiger partial charge in [0.25, 0.3) is 5.56 Å². The number of unbranched alkanes of at least 4 members (excludes halogenated alkanes) is 2.